The lowest BCUT2D eigenvalue weighted by molar-refractivity contribution is -0.521. The molecule has 3 amide bonds. The normalized spacial score (nSPS) is 30.5. The van der Waals surface area contributed by atoms with Crippen molar-refractivity contribution in [2.75, 3.05) is 13.1 Å². The Bertz CT molecular complexity index is 1200. The number of carbonyl (C=O) groups is 3. The molecule has 5 rings (SSSR count). The van der Waals surface area contributed by atoms with E-state index < -0.39 is 35.5 Å². The van der Waals surface area contributed by atoms with Crippen molar-refractivity contribution < 1.29 is 29.6 Å². The fraction of sp³-hybridized carbons (Fsp3) is 0.522. The lowest BCUT2D eigenvalue weighted by atomic mass is 9.84. The predicted molar refractivity (Wildman–Crippen MR) is 127 cm³/mol. The van der Waals surface area contributed by atoms with E-state index in [-0.39, 0.29) is 49.7 Å². The molecule has 1 aromatic rings. The Balaban J connectivity index is 1.47. The molecule has 13 nitrogen and oxygen atoms in total. The average molecular weight is 500 g/mol. The number of likely N-dealkylation sites (tertiary alicyclic amines) is 1. The number of hydrogen-bond donors (Lipinski definition) is 7. The Kier molecular flexibility index (Phi) is 5.45. The summed E-state index contributed by atoms with van der Waals surface area (Å²) in [5.74, 6) is -3.67. The van der Waals surface area contributed by atoms with Crippen molar-refractivity contribution in [3.05, 3.63) is 34.9 Å². The zero-order valence-corrected chi connectivity index (χ0v) is 20.1. The Hall–Kier alpha value is -3.71. The van der Waals surface area contributed by atoms with Gasteiger partial charge in [-0.05, 0) is 30.5 Å². The first-order chi connectivity index (χ1) is 17.0. The summed E-state index contributed by atoms with van der Waals surface area (Å²) in [5, 5.41) is 28.8. The van der Waals surface area contributed by atoms with Crippen LogP contribution in [0.2, 0.25) is 0 Å². The van der Waals surface area contributed by atoms with Crippen LogP contribution >= 0.6 is 0 Å². The van der Waals surface area contributed by atoms with Crippen molar-refractivity contribution in [3.8, 4) is 0 Å². The van der Waals surface area contributed by atoms with Gasteiger partial charge in [-0.15, -0.1) is 0 Å². The molecule has 192 valence electrons. The maximum atomic E-state index is 13.2. The third kappa shape index (κ3) is 3.26. The monoisotopic (exact) mass is 499 g/mol. The Morgan fingerprint density at radius 3 is 2.64 bits per heavy atom. The van der Waals surface area contributed by atoms with E-state index in [9.17, 15) is 24.6 Å². The standard InChI is InChI=1S/C23H30N8O5/c1-3-12-5-4-6-13(11(12)2)19(34)27-15-10-31-21(25)26-14(9-30-16(32)7-8-17(30)33)18-22(31,23(15,35)36)29-20(24)28-18/h4-6,14-15,18,35-36H,3,7-10H2,1-2H3,(H2,25,26)(H,27,34)(H3,24,28,29)/p+1/t14-,15?,18-,22-/m0/s1. The third-order valence-corrected chi connectivity index (χ3v) is 7.78. The molecule has 13 heteroatoms. The van der Waals surface area contributed by atoms with Crippen molar-refractivity contribution in [1.82, 2.24) is 20.4 Å². The Morgan fingerprint density at radius 1 is 1.28 bits per heavy atom. The van der Waals surface area contributed by atoms with Crippen molar-refractivity contribution in [2.45, 2.75) is 62.7 Å². The Morgan fingerprint density at radius 2 is 1.97 bits per heavy atom. The van der Waals surface area contributed by atoms with E-state index >= 15 is 0 Å². The lowest BCUT2D eigenvalue weighted by Gasteiger charge is -2.46. The number of imide groups is 1. The van der Waals surface area contributed by atoms with Crippen LogP contribution < -0.4 is 27.1 Å². The van der Waals surface area contributed by atoms with Crippen molar-refractivity contribution in [3.63, 3.8) is 0 Å². The van der Waals surface area contributed by atoms with Gasteiger partial charge in [-0.25, -0.2) is 10.3 Å². The van der Waals surface area contributed by atoms with Gasteiger partial charge >= 0.3 is 5.96 Å². The molecule has 0 saturated carbocycles. The Labute approximate surface area is 207 Å². The van der Waals surface area contributed by atoms with Gasteiger partial charge in [0.2, 0.25) is 17.6 Å². The van der Waals surface area contributed by atoms with E-state index in [0.29, 0.717) is 5.56 Å². The molecule has 2 saturated heterocycles. The van der Waals surface area contributed by atoms with Gasteiger partial charge in [0, 0.05) is 18.4 Å². The summed E-state index contributed by atoms with van der Waals surface area (Å²) in [6.07, 6.45) is 0.979. The number of carbonyl (C=O) groups excluding carboxylic acids is 3. The molecule has 9 N–H and O–H groups in total. The molecule has 0 bridgehead atoms. The van der Waals surface area contributed by atoms with Crippen molar-refractivity contribution in [2.24, 2.45) is 16.5 Å². The second-order valence-electron chi connectivity index (χ2n) is 9.69. The first-order valence-corrected chi connectivity index (χ1v) is 12.0. The number of nitrogens with one attached hydrogen (secondary N) is 3. The summed E-state index contributed by atoms with van der Waals surface area (Å²) in [6, 6.07) is 2.52. The van der Waals surface area contributed by atoms with E-state index in [4.69, 9.17) is 11.5 Å². The van der Waals surface area contributed by atoms with Gasteiger partial charge in [0.25, 0.3) is 11.6 Å². The van der Waals surface area contributed by atoms with Crippen molar-refractivity contribution in [1.29, 1.82) is 0 Å². The minimum atomic E-state index is -2.57. The van der Waals surface area contributed by atoms with Crippen LogP contribution in [-0.2, 0) is 16.0 Å². The number of guanidine groups is 2. The van der Waals surface area contributed by atoms with Crippen LogP contribution in [0.3, 0.4) is 0 Å². The van der Waals surface area contributed by atoms with Crippen LogP contribution in [0.25, 0.3) is 0 Å². The number of aliphatic imine (C=N–C) groups is 1. The van der Waals surface area contributed by atoms with E-state index in [1.807, 2.05) is 19.9 Å². The summed E-state index contributed by atoms with van der Waals surface area (Å²) in [5.41, 5.74) is 12.9. The molecule has 4 aliphatic heterocycles. The van der Waals surface area contributed by atoms with E-state index in [1.165, 1.54) is 4.90 Å². The first-order valence-electron chi connectivity index (χ1n) is 12.0. The summed E-state index contributed by atoms with van der Waals surface area (Å²) in [7, 11) is 0. The number of rotatable bonds is 5. The quantitative estimate of drug-likeness (QED) is 0.154. The molecule has 4 aliphatic rings. The van der Waals surface area contributed by atoms with Crippen LogP contribution in [0, 0.1) is 6.92 Å². The van der Waals surface area contributed by atoms with E-state index in [2.05, 4.69) is 20.6 Å². The zero-order chi connectivity index (χ0) is 26.0. The average Bonchev–Trinajstić information content (AvgIpc) is 3.42. The van der Waals surface area contributed by atoms with Gasteiger partial charge in [-0.1, -0.05) is 19.1 Å². The molecule has 0 aromatic heterocycles. The second-order valence-corrected chi connectivity index (χ2v) is 9.69. The van der Waals surface area contributed by atoms with Gasteiger partial charge < -0.3 is 21.3 Å². The van der Waals surface area contributed by atoms with Crippen LogP contribution in [0.15, 0.2) is 23.2 Å². The fourth-order valence-corrected chi connectivity index (χ4v) is 5.88. The topological polar surface area (TPSA) is 201 Å². The number of amides is 3. The number of benzene rings is 1. The largest absolute Gasteiger partial charge is 0.370 e. The second kappa shape index (κ2) is 8.17. The van der Waals surface area contributed by atoms with Crippen LogP contribution in [0.4, 0.5) is 0 Å². The molecular formula is C23H31N8O5+. The summed E-state index contributed by atoms with van der Waals surface area (Å²) >= 11 is 0. The molecular weight excluding hydrogens is 468 g/mol. The van der Waals surface area contributed by atoms with Gasteiger partial charge in [0.1, 0.15) is 12.1 Å². The van der Waals surface area contributed by atoms with E-state index in [1.54, 1.807) is 12.1 Å². The molecule has 1 unspecified atom stereocenters. The number of hydrogen-bond acceptors (Lipinski definition) is 10. The number of nitrogens with two attached hydrogens (primary N) is 2. The van der Waals surface area contributed by atoms with Gasteiger partial charge in [-0.3, -0.25) is 34.9 Å². The lowest BCUT2D eigenvalue weighted by Crippen LogP contribution is -2.90. The van der Waals surface area contributed by atoms with Gasteiger partial charge in [0.15, 0.2) is 12.0 Å². The maximum Gasteiger partial charge on any atom is 0.343 e. The molecule has 4 heterocycles. The molecule has 1 aromatic carbocycles. The molecule has 36 heavy (non-hydrogen) atoms. The minimum absolute atomic E-state index is 0.0345. The fourth-order valence-electron chi connectivity index (χ4n) is 5.88. The minimum Gasteiger partial charge on any atom is -0.370 e. The highest BCUT2D eigenvalue weighted by atomic mass is 16.5. The maximum absolute atomic E-state index is 13.2. The molecule has 1 spiro atoms. The smallest absolute Gasteiger partial charge is 0.343 e. The number of aliphatic hydroxyl groups is 2. The predicted octanol–water partition coefficient (Wildman–Crippen LogP) is -4.44. The third-order valence-electron chi connectivity index (χ3n) is 7.78. The van der Waals surface area contributed by atoms with Crippen molar-refractivity contribution >= 4 is 29.6 Å². The highest BCUT2D eigenvalue weighted by Crippen LogP contribution is 2.41. The number of aryl methyl sites for hydroxylation is 1. The zero-order valence-electron chi connectivity index (χ0n) is 20.1. The molecule has 2 fully saturated rings. The first kappa shape index (κ1) is 24.0. The molecule has 4 atom stereocenters. The summed E-state index contributed by atoms with van der Waals surface area (Å²) in [4.78, 5) is 47.7. The molecule has 0 aliphatic carbocycles. The SMILES string of the molecule is CCc1cccc(C(=O)NC2CN3C(N)=N[C@@H](CN4C(=O)CCC4=O)[C@@H]4[NH+]=C(N)N[C@@]43C2(O)O)c1C. The number of nitrogens with zero attached hydrogens (tertiary/aromatic N) is 3. The van der Waals surface area contributed by atoms with Crippen LogP contribution in [-0.4, -0.2) is 92.3 Å². The van der Waals surface area contributed by atoms with Gasteiger partial charge in [-0.2, -0.15) is 0 Å². The summed E-state index contributed by atoms with van der Waals surface area (Å²) in [6.45, 7) is 3.66. The highest BCUT2D eigenvalue weighted by Gasteiger charge is 2.76. The summed E-state index contributed by atoms with van der Waals surface area (Å²) < 4.78 is 0. The van der Waals surface area contributed by atoms with Gasteiger partial charge in [0.05, 0.1) is 13.1 Å². The highest BCUT2D eigenvalue weighted by molar-refractivity contribution is 6.02. The van der Waals surface area contributed by atoms with Crippen LogP contribution in [0.5, 0.6) is 0 Å². The van der Waals surface area contributed by atoms with Crippen LogP contribution in [0.1, 0.15) is 41.3 Å². The van der Waals surface area contributed by atoms with E-state index in [0.717, 1.165) is 22.4 Å². The molecule has 0 radical (unpaired) electrons.